The molecular formula is C22H25N5O. The quantitative estimate of drug-likeness (QED) is 0.743. The van der Waals surface area contributed by atoms with E-state index in [1.165, 1.54) is 10.8 Å². The fourth-order valence-corrected chi connectivity index (χ4v) is 3.76. The van der Waals surface area contributed by atoms with Crippen LogP contribution in [0.5, 0.6) is 0 Å². The number of amides is 1. The third-order valence-corrected chi connectivity index (χ3v) is 5.24. The van der Waals surface area contributed by atoms with E-state index in [4.69, 9.17) is 0 Å². The molecule has 2 heterocycles. The van der Waals surface area contributed by atoms with Gasteiger partial charge in [0.25, 0.3) is 0 Å². The van der Waals surface area contributed by atoms with E-state index < -0.39 is 0 Å². The zero-order valence-electron chi connectivity index (χ0n) is 16.1. The summed E-state index contributed by atoms with van der Waals surface area (Å²) >= 11 is 0. The van der Waals surface area contributed by atoms with Crippen LogP contribution in [0.4, 0.5) is 5.95 Å². The normalized spacial score (nSPS) is 16.1. The molecule has 0 unspecified atom stereocenters. The van der Waals surface area contributed by atoms with Gasteiger partial charge in [0.2, 0.25) is 11.9 Å². The summed E-state index contributed by atoms with van der Waals surface area (Å²) in [7, 11) is 0. The number of carbonyl (C=O) groups excluding carboxylic acids is 1. The van der Waals surface area contributed by atoms with Gasteiger partial charge in [-0.1, -0.05) is 42.5 Å². The van der Waals surface area contributed by atoms with Crippen molar-refractivity contribution in [1.82, 2.24) is 20.2 Å². The van der Waals surface area contributed by atoms with Crippen LogP contribution >= 0.6 is 0 Å². The number of rotatable bonds is 5. The third-order valence-electron chi connectivity index (χ3n) is 5.24. The number of hydrogen-bond donors (Lipinski definition) is 1. The number of fused-ring (bicyclic) bond motifs is 1. The molecule has 0 aliphatic carbocycles. The lowest BCUT2D eigenvalue weighted by molar-refractivity contribution is -0.123. The molecule has 3 aromatic rings. The van der Waals surface area contributed by atoms with Gasteiger partial charge < -0.3 is 10.2 Å². The van der Waals surface area contributed by atoms with Crippen molar-refractivity contribution in [3.05, 3.63) is 66.5 Å². The van der Waals surface area contributed by atoms with E-state index in [-0.39, 0.29) is 11.9 Å². The number of nitrogens with one attached hydrogen (secondary N) is 1. The SMILES string of the molecule is C[C@@H](NC(=O)CN1CCN(c2ncccn2)CC1)c1cccc2ccccc12. The summed E-state index contributed by atoms with van der Waals surface area (Å²) in [6.07, 6.45) is 3.52. The minimum Gasteiger partial charge on any atom is -0.348 e. The molecule has 1 fully saturated rings. The second-order valence-electron chi connectivity index (χ2n) is 7.17. The Labute approximate surface area is 165 Å². The molecule has 6 heteroatoms. The lowest BCUT2D eigenvalue weighted by Gasteiger charge is -2.34. The fourth-order valence-electron chi connectivity index (χ4n) is 3.76. The fraction of sp³-hybridized carbons (Fsp3) is 0.318. The van der Waals surface area contributed by atoms with Crippen molar-refractivity contribution in [2.45, 2.75) is 13.0 Å². The van der Waals surface area contributed by atoms with Gasteiger partial charge in [0, 0.05) is 38.6 Å². The number of anilines is 1. The van der Waals surface area contributed by atoms with Crippen LogP contribution in [0.25, 0.3) is 10.8 Å². The Hall–Kier alpha value is -2.99. The summed E-state index contributed by atoms with van der Waals surface area (Å²) in [4.78, 5) is 25.5. The maximum absolute atomic E-state index is 12.6. The maximum Gasteiger partial charge on any atom is 0.234 e. The highest BCUT2D eigenvalue weighted by atomic mass is 16.2. The Balaban J connectivity index is 1.32. The number of benzene rings is 2. The molecule has 1 aromatic heterocycles. The lowest BCUT2D eigenvalue weighted by atomic mass is 10.00. The molecule has 1 aliphatic heterocycles. The highest BCUT2D eigenvalue weighted by Crippen LogP contribution is 2.24. The first kappa shape index (κ1) is 18.4. The summed E-state index contributed by atoms with van der Waals surface area (Å²) in [5, 5.41) is 5.54. The van der Waals surface area contributed by atoms with E-state index in [0.29, 0.717) is 6.54 Å². The van der Waals surface area contributed by atoms with Crippen molar-refractivity contribution in [1.29, 1.82) is 0 Å². The third kappa shape index (κ3) is 4.12. The van der Waals surface area contributed by atoms with Crippen molar-refractivity contribution in [2.24, 2.45) is 0 Å². The molecule has 0 bridgehead atoms. The maximum atomic E-state index is 12.6. The summed E-state index contributed by atoms with van der Waals surface area (Å²) in [5.41, 5.74) is 1.15. The molecule has 1 aliphatic rings. The van der Waals surface area contributed by atoms with Gasteiger partial charge in [-0.3, -0.25) is 9.69 Å². The zero-order valence-corrected chi connectivity index (χ0v) is 16.1. The van der Waals surface area contributed by atoms with Gasteiger partial charge in [0.1, 0.15) is 0 Å². The van der Waals surface area contributed by atoms with E-state index in [9.17, 15) is 4.79 Å². The molecule has 1 N–H and O–H groups in total. The Morgan fingerprint density at radius 2 is 1.71 bits per heavy atom. The van der Waals surface area contributed by atoms with Crippen LogP contribution in [0.2, 0.25) is 0 Å². The van der Waals surface area contributed by atoms with Crippen LogP contribution < -0.4 is 10.2 Å². The predicted octanol–water partition coefficient (Wildman–Crippen LogP) is 2.63. The first-order valence-electron chi connectivity index (χ1n) is 9.72. The molecule has 1 amide bonds. The molecule has 6 nitrogen and oxygen atoms in total. The summed E-state index contributed by atoms with van der Waals surface area (Å²) in [6.45, 7) is 5.78. The van der Waals surface area contributed by atoms with E-state index >= 15 is 0 Å². The topological polar surface area (TPSA) is 61.4 Å². The highest BCUT2D eigenvalue weighted by Gasteiger charge is 2.21. The minimum atomic E-state index is -0.0300. The van der Waals surface area contributed by atoms with Crippen LogP contribution in [-0.4, -0.2) is 53.5 Å². The summed E-state index contributed by atoms with van der Waals surface area (Å²) in [6, 6.07) is 16.3. The van der Waals surface area contributed by atoms with E-state index in [1.54, 1.807) is 12.4 Å². The molecule has 4 rings (SSSR count). The molecule has 0 spiro atoms. The van der Waals surface area contributed by atoms with Crippen molar-refractivity contribution >= 4 is 22.6 Å². The molecule has 0 saturated carbocycles. The molecule has 1 atom stereocenters. The standard InChI is InChI=1S/C22H25N5O/c1-17(19-9-4-7-18-6-2-3-8-20(18)19)25-21(28)16-26-12-14-27(15-13-26)22-23-10-5-11-24-22/h2-11,17H,12-16H2,1H3,(H,25,28)/t17-/m1/s1. The van der Waals surface area contributed by atoms with Gasteiger partial charge in [-0.05, 0) is 29.3 Å². The molecule has 28 heavy (non-hydrogen) atoms. The van der Waals surface area contributed by atoms with Crippen LogP contribution in [0.15, 0.2) is 60.9 Å². The number of nitrogens with zero attached hydrogens (tertiary/aromatic N) is 4. The summed E-state index contributed by atoms with van der Waals surface area (Å²) in [5.74, 6) is 0.820. The van der Waals surface area contributed by atoms with Crippen molar-refractivity contribution in [2.75, 3.05) is 37.6 Å². The van der Waals surface area contributed by atoms with Crippen LogP contribution in [0.1, 0.15) is 18.5 Å². The van der Waals surface area contributed by atoms with Crippen molar-refractivity contribution in [3.8, 4) is 0 Å². The first-order chi connectivity index (χ1) is 13.7. The Morgan fingerprint density at radius 3 is 2.50 bits per heavy atom. The van der Waals surface area contributed by atoms with Crippen molar-refractivity contribution in [3.63, 3.8) is 0 Å². The Bertz CT molecular complexity index is 933. The smallest absolute Gasteiger partial charge is 0.234 e. The zero-order chi connectivity index (χ0) is 19.3. The molecule has 144 valence electrons. The summed E-state index contributed by atoms with van der Waals surface area (Å²) < 4.78 is 0. The minimum absolute atomic E-state index is 0.0300. The molecule has 2 aromatic carbocycles. The number of hydrogen-bond acceptors (Lipinski definition) is 5. The van der Waals surface area contributed by atoms with Crippen molar-refractivity contribution < 1.29 is 4.79 Å². The Morgan fingerprint density at radius 1 is 1.00 bits per heavy atom. The molecule has 0 radical (unpaired) electrons. The van der Waals surface area contributed by atoms with Gasteiger partial charge in [0.05, 0.1) is 12.6 Å². The van der Waals surface area contributed by atoms with Crippen LogP contribution in [0, 0.1) is 0 Å². The van der Waals surface area contributed by atoms with Crippen LogP contribution in [-0.2, 0) is 4.79 Å². The number of piperazine rings is 1. The van der Waals surface area contributed by atoms with Gasteiger partial charge in [0.15, 0.2) is 0 Å². The van der Waals surface area contributed by atoms with E-state index in [1.807, 2.05) is 31.2 Å². The highest BCUT2D eigenvalue weighted by molar-refractivity contribution is 5.87. The average molecular weight is 375 g/mol. The first-order valence-corrected chi connectivity index (χ1v) is 9.72. The molecule has 1 saturated heterocycles. The average Bonchev–Trinajstić information content (AvgIpc) is 2.74. The van der Waals surface area contributed by atoms with Gasteiger partial charge in [-0.25, -0.2) is 9.97 Å². The second-order valence-corrected chi connectivity index (χ2v) is 7.17. The number of carbonyl (C=O) groups is 1. The largest absolute Gasteiger partial charge is 0.348 e. The lowest BCUT2D eigenvalue weighted by Crippen LogP contribution is -2.50. The number of aromatic nitrogens is 2. The van der Waals surface area contributed by atoms with Crippen LogP contribution in [0.3, 0.4) is 0 Å². The van der Waals surface area contributed by atoms with E-state index in [2.05, 4.69) is 49.4 Å². The molecular weight excluding hydrogens is 350 g/mol. The van der Waals surface area contributed by atoms with E-state index in [0.717, 1.165) is 37.7 Å². The second kappa shape index (κ2) is 8.35. The van der Waals surface area contributed by atoms with Gasteiger partial charge >= 0.3 is 0 Å². The monoisotopic (exact) mass is 375 g/mol. The predicted molar refractivity (Wildman–Crippen MR) is 111 cm³/mol. The Kier molecular flexibility index (Phi) is 5.48. The van der Waals surface area contributed by atoms with Gasteiger partial charge in [-0.15, -0.1) is 0 Å². The van der Waals surface area contributed by atoms with Gasteiger partial charge in [-0.2, -0.15) is 0 Å².